The molecule has 7 nitrogen and oxygen atoms in total. The maximum Gasteiger partial charge on any atom is 0.327 e. The van der Waals surface area contributed by atoms with E-state index in [0.717, 1.165) is 0 Å². The molecule has 8 heteroatoms. The summed E-state index contributed by atoms with van der Waals surface area (Å²) in [4.78, 5) is 33.8. The third-order valence-electron chi connectivity index (χ3n) is 2.26. The van der Waals surface area contributed by atoms with Gasteiger partial charge in [0.05, 0.1) is 11.8 Å². The number of furan rings is 1. The maximum absolute atomic E-state index is 11.5. The van der Waals surface area contributed by atoms with Crippen LogP contribution in [0.5, 0.6) is 0 Å². The molecule has 3 N–H and O–H groups in total. The van der Waals surface area contributed by atoms with Crippen LogP contribution in [0.3, 0.4) is 0 Å². The molecule has 3 aromatic rings. The van der Waals surface area contributed by atoms with Crippen molar-refractivity contribution in [2.45, 2.75) is 0 Å². The van der Waals surface area contributed by atoms with Crippen molar-refractivity contribution in [2.75, 3.05) is 0 Å². The molecule has 0 unspecified atom stereocenters. The molecule has 0 saturated carbocycles. The Bertz CT molecular complexity index is 809. The summed E-state index contributed by atoms with van der Waals surface area (Å²) in [6.07, 6.45) is 1.40. The number of halogens is 1. The fourth-order valence-electron chi connectivity index (χ4n) is 1.52. The first kappa shape index (κ1) is 9.91. The van der Waals surface area contributed by atoms with Gasteiger partial charge in [-0.15, -0.1) is 0 Å². The number of H-pyrrole nitrogens is 3. The number of aromatic amines is 3. The van der Waals surface area contributed by atoms with E-state index in [4.69, 9.17) is 16.0 Å². The lowest BCUT2D eigenvalue weighted by Gasteiger charge is -1.88. The van der Waals surface area contributed by atoms with E-state index in [1.165, 1.54) is 6.26 Å². The van der Waals surface area contributed by atoms with Crippen molar-refractivity contribution in [3.63, 3.8) is 0 Å². The number of fused-ring (bicyclic) bond motifs is 1. The minimum atomic E-state index is -0.612. The first-order valence-corrected chi connectivity index (χ1v) is 4.98. The van der Waals surface area contributed by atoms with Crippen LogP contribution in [0.25, 0.3) is 22.6 Å². The minimum Gasteiger partial charge on any atom is -0.452 e. The topological polar surface area (TPSA) is 108 Å². The van der Waals surface area contributed by atoms with Gasteiger partial charge in [0, 0.05) is 0 Å². The average Bonchev–Trinajstić information content (AvgIpc) is 2.83. The molecule has 0 aromatic carbocycles. The Morgan fingerprint density at radius 1 is 1.24 bits per heavy atom. The Labute approximate surface area is 97.5 Å². The highest BCUT2D eigenvalue weighted by Crippen LogP contribution is 2.26. The van der Waals surface area contributed by atoms with Gasteiger partial charge >= 0.3 is 5.69 Å². The number of rotatable bonds is 1. The summed E-state index contributed by atoms with van der Waals surface area (Å²) in [5.74, 6) is 0.353. The summed E-state index contributed by atoms with van der Waals surface area (Å²) in [6.45, 7) is 0. The van der Waals surface area contributed by atoms with Crippen LogP contribution in [0, 0.1) is 0 Å². The van der Waals surface area contributed by atoms with E-state index in [1.54, 1.807) is 6.07 Å². The van der Waals surface area contributed by atoms with E-state index < -0.39 is 11.2 Å². The molecule has 0 amide bonds. The normalized spacial score (nSPS) is 11.1. The molecule has 0 saturated heterocycles. The van der Waals surface area contributed by atoms with Crippen molar-refractivity contribution in [1.29, 1.82) is 0 Å². The van der Waals surface area contributed by atoms with E-state index >= 15 is 0 Å². The van der Waals surface area contributed by atoms with Crippen LogP contribution in [0.2, 0.25) is 5.22 Å². The van der Waals surface area contributed by atoms with Crippen molar-refractivity contribution >= 4 is 22.8 Å². The summed E-state index contributed by atoms with van der Waals surface area (Å²) in [7, 11) is 0. The van der Waals surface area contributed by atoms with Gasteiger partial charge < -0.3 is 9.40 Å². The van der Waals surface area contributed by atoms with E-state index in [1.807, 2.05) is 0 Å². The Hall–Kier alpha value is -2.28. The molecule has 0 bridgehead atoms. The van der Waals surface area contributed by atoms with Crippen LogP contribution >= 0.6 is 11.6 Å². The maximum atomic E-state index is 11.5. The van der Waals surface area contributed by atoms with Gasteiger partial charge in [-0.3, -0.25) is 14.8 Å². The standard InChI is InChI=1S/C9H5ClN4O3/c10-5-3(1-2-17-5)6-11-4-7(12-6)13-9(16)14-8(4)15/h1-2H,(H3,11,12,13,14,15,16). The Morgan fingerprint density at radius 2 is 2.06 bits per heavy atom. The zero-order valence-electron chi connectivity index (χ0n) is 8.20. The Morgan fingerprint density at radius 3 is 2.76 bits per heavy atom. The van der Waals surface area contributed by atoms with Crippen molar-refractivity contribution < 1.29 is 4.42 Å². The van der Waals surface area contributed by atoms with Crippen LogP contribution in [-0.2, 0) is 0 Å². The SMILES string of the molecule is O=c1[nH]c(=O)c2[nH]c(-c3ccoc3Cl)nc2[nH]1. The van der Waals surface area contributed by atoms with Gasteiger partial charge in [-0.2, -0.15) is 0 Å². The second-order valence-corrected chi connectivity index (χ2v) is 3.67. The number of nitrogens with zero attached hydrogens (tertiary/aromatic N) is 1. The fourth-order valence-corrected chi connectivity index (χ4v) is 1.73. The molecular formula is C9H5ClN4O3. The number of hydrogen-bond acceptors (Lipinski definition) is 4. The zero-order chi connectivity index (χ0) is 12.0. The molecule has 3 heterocycles. The Kier molecular flexibility index (Phi) is 1.96. The largest absolute Gasteiger partial charge is 0.452 e. The van der Waals surface area contributed by atoms with Crippen LogP contribution in [-0.4, -0.2) is 19.9 Å². The summed E-state index contributed by atoms with van der Waals surface area (Å²) >= 11 is 5.79. The van der Waals surface area contributed by atoms with Crippen LogP contribution < -0.4 is 11.2 Å². The molecule has 0 spiro atoms. The van der Waals surface area contributed by atoms with Crippen LogP contribution in [0.4, 0.5) is 0 Å². The first-order valence-electron chi connectivity index (χ1n) is 4.61. The van der Waals surface area contributed by atoms with E-state index in [9.17, 15) is 9.59 Å². The molecule has 0 aliphatic rings. The molecule has 0 aliphatic heterocycles. The fraction of sp³-hybridized carbons (Fsp3) is 0. The van der Waals surface area contributed by atoms with Crippen molar-refractivity contribution in [2.24, 2.45) is 0 Å². The number of aromatic nitrogens is 4. The molecule has 86 valence electrons. The summed E-state index contributed by atoms with van der Waals surface area (Å²) in [6, 6.07) is 1.60. The van der Waals surface area contributed by atoms with E-state index in [-0.39, 0.29) is 16.4 Å². The third-order valence-corrected chi connectivity index (χ3v) is 2.56. The smallest absolute Gasteiger partial charge is 0.327 e. The van der Waals surface area contributed by atoms with Gasteiger partial charge in [-0.1, -0.05) is 0 Å². The molecule has 0 aliphatic carbocycles. The second kappa shape index (κ2) is 3.36. The lowest BCUT2D eigenvalue weighted by Crippen LogP contribution is -2.21. The van der Waals surface area contributed by atoms with E-state index in [0.29, 0.717) is 11.4 Å². The summed E-state index contributed by atoms with van der Waals surface area (Å²) in [5.41, 5.74) is -0.285. The monoisotopic (exact) mass is 252 g/mol. The van der Waals surface area contributed by atoms with Gasteiger partial charge in [0.1, 0.15) is 11.3 Å². The number of imidazole rings is 1. The van der Waals surface area contributed by atoms with Gasteiger partial charge in [0.2, 0.25) is 5.22 Å². The number of hydrogen-bond donors (Lipinski definition) is 3. The quantitative estimate of drug-likeness (QED) is 0.597. The zero-order valence-corrected chi connectivity index (χ0v) is 8.96. The van der Waals surface area contributed by atoms with Crippen LogP contribution in [0.1, 0.15) is 0 Å². The minimum absolute atomic E-state index is 0.155. The predicted molar refractivity (Wildman–Crippen MR) is 60.0 cm³/mol. The second-order valence-electron chi connectivity index (χ2n) is 3.33. The molecule has 0 radical (unpaired) electrons. The molecular weight excluding hydrogens is 248 g/mol. The molecule has 17 heavy (non-hydrogen) atoms. The highest BCUT2D eigenvalue weighted by Gasteiger charge is 2.13. The molecule has 0 atom stereocenters. The molecule has 0 fully saturated rings. The number of nitrogens with one attached hydrogen (secondary N) is 3. The van der Waals surface area contributed by atoms with Crippen LogP contribution in [0.15, 0.2) is 26.3 Å². The van der Waals surface area contributed by atoms with Gasteiger partial charge in [-0.05, 0) is 17.7 Å². The predicted octanol–water partition coefficient (Wildman–Crippen LogP) is 0.853. The van der Waals surface area contributed by atoms with Gasteiger partial charge in [0.25, 0.3) is 5.56 Å². The third kappa shape index (κ3) is 1.48. The van der Waals surface area contributed by atoms with Crippen molar-refractivity contribution in [1.82, 2.24) is 19.9 Å². The van der Waals surface area contributed by atoms with Gasteiger partial charge in [0.15, 0.2) is 5.65 Å². The van der Waals surface area contributed by atoms with Crippen molar-refractivity contribution in [3.05, 3.63) is 38.4 Å². The van der Waals surface area contributed by atoms with Crippen molar-refractivity contribution in [3.8, 4) is 11.4 Å². The Balaban J connectivity index is 2.35. The lowest BCUT2D eigenvalue weighted by molar-refractivity contribution is 0.570. The average molecular weight is 253 g/mol. The molecule has 3 rings (SSSR count). The summed E-state index contributed by atoms with van der Waals surface area (Å²) < 4.78 is 4.92. The highest BCUT2D eigenvalue weighted by atomic mass is 35.5. The van der Waals surface area contributed by atoms with Gasteiger partial charge in [-0.25, -0.2) is 9.78 Å². The first-order chi connectivity index (χ1) is 8.15. The van der Waals surface area contributed by atoms with E-state index in [2.05, 4.69) is 19.9 Å². The molecule has 3 aromatic heterocycles. The highest BCUT2D eigenvalue weighted by molar-refractivity contribution is 6.31. The summed E-state index contributed by atoms with van der Waals surface area (Å²) in [5, 5.41) is 0.155. The lowest BCUT2D eigenvalue weighted by atomic mass is 10.3.